The normalized spacial score (nSPS) is 13.5. The molecule has 0 spiro atoms. The molecule has 0 aliphatic heterocycles. The molecular formula is C63H55N. The molecule has 0 saturated carbocycles. The topological polar surface area (TPSA) is 3.24 Å². The highest BCUT2D eigenvalue weighted by molar-refractivity contribution is 6.05. The summed E-state index contributed by atoms with van der Waals surface area (Å²) in [5.74, 6) is 0. The average molecular weight is 826 g/mol. The lowest BCUT2D eigenvalue weighted by molar-refractivity contribution is 0.652. The molecule has 0 heterocycles. The third-order valence-corrected chi connectivity index (χ3v) is 13.9. The molecular weight excluding hydrogens is 771 g/mol. The van der Waals surface area contributed by atoms with Gasteiger partial charge in [0.2, 0.25) is 0 Å². The Morgan fingerprint density at radius 2 is 0.844 bits per heavy atom. The van der Waals surface area contributed by atoms with E-state index < -0.39 is 0 Å². The number of anilines is 3. The molecule has 64 heavy (non-hydrogen) atoms. The lowest BCUT2D eigenvalue weighted by Crippen LogP contribution is -2.17. The van der Waals surface area contributed by atoms with Crippen molar-refractivity contribution in [2.24, 2.45) is 0 Å². The fraction of sp³-hybridized carbons (Fsp3) is 0.143. The van der Waals surface area contributed by atoms with E-state index in [1.165, 1.54) is 105 Å². The van der Waals surface area contributed by atoms with Crippen molar-refractivity contribution in [1.82, 2.24) is 0 Å². The molecule has 0 unspecified atom stereocenters. The maximum atomic E-state index is 2.54. The van der Waals surface area contributed by atoms with Crippen molar-refractivity contribution >= 4 is 49.4 Å². The number of para-hydroxylation sites is 1. The van der Waals surface area contributed by atoms with Crippen LogP contribution in [0.2, 0.25) is 0 Å². The van der Waals surface area contributed by atoms with Crippen LogP contribution in [0, 0.1) is 20.8 Å². The number of rotatable bonds is 3. The molecule has 2 aliphatic rings. The van der Waals surface area contributed by atoms with Gasteiger partial charge in [0.1, 0.15) is 0 Å². The maximum absolute atomic E-state index is 2.54. The lowest BCUT2D eigenvalue weighted by atomic mass is 9.79. The standard InChI is InChI=1S/C45H37N.C11H10.C7H8/c1-28-24-41-43(35-20-12-11-18-32(28)35)37-27-39-36(26-40(37)45(41,4)5)34-23-22-31(25-38(34)44(39,2)3)46(30-16-7-6-8-17-30)42-21-13-15-29-14-9-10-19-33(29)42;1-9-5-4-7-10-6-2-3-8-11(9)10;1-7-5-3-2-4-6-7/h6-27H,1-5H3;2-8H,1H3;2-6H,1H3. The molecule has 0 bridgehead atoms. The molecule has 0 aromatic heterocycles. The van der Waals surface area contributed by atoms with Crippen LogP contribution in [0.1, 0.15) is 66.6 Å². The van der Waals surface area contributed by atoms with E-state index in [9.17, 15) is 0 Å². The second-order valence-corrected chi connectivity index (χ2v) is 18.7. The number of nitrogens with zero attached hydrogens (tertiary/aromatic N) is 1. The number of fused-ring (bicyclic) bond motifs is 10. The Kier molecular flexibility index (Phi) is 10.3. The summed E-state index contributed by atoms with van der Waals surface area (Å²) in [6.45, 7) is 16.1. The number of hydrogen-bond donors (Lipinski definition) is 0. The zero-order chi connectivity index (χ0) is 44.2. The highest BCUT2D eigenvalue weighted by Crippen LogP contribution is 2.58. The van der Waals surface area contributed by atoms with Crippen molar-refractivity contribution in [3.8, 4) is 22.3 Å². The molecule has 10 aromatic rings. The van der Waals surface area contributed by atoms with E-state index in [4.69, 9.17) is 0 Å². The van der Waals surface area contributed by atoms with Gasteiger partial charge in [0.25, 0.3) is 0 Å². The minimum Gasteiger partial charge on any atom is -0.310 e. The SMILES string of the molecule is Cc1cc2c(c3ccccc13)-c1cc3c(cc1C2(C)C)-c1ccc(N(c2ccccc2)c2cccc4ccccc24)cc1C3(C)C.Cc1cccc2ccccc12.Cc1ccccc1. The molecule has 312 valence electrons. The Labute approximate surface area is 379 Å². The molecule has 0 radical (unpaired) electrons. The Morgan fingerprint density at radius 1 is 0.328 bits per heavy atom. The van der Waals surface area contributed by atoms with Crippen LogP contribution >= 0.6 is 0 Å². The second kappa shape index (κ2) is 16.2. The van der Waals surface area contributed by atoms with Crippen LogP contribution in [-0.2, 0) is 10.8 Å². The minimum atomic E-state index is -0.149. The molecule has 0 saturated heterocycles. The van der Waals surface area contributed by atoms with Gasteiger partial charge in [0.15, 0.2) is 0 Å². The summed E-state index contributed by atoms with van der Waals surface area (Å²) in [6, 6.07) is 74.8. The van der Waals surface area contributed by atoms with E-state index >= 15 is 0 Å². The van der Waals surface area contributed by atoms with Gasteiger partial charge < -0.3 is 4.90 Å². The molecule has 0 fully saturated rings. The van der Waals surface area contributed by atoms with Gasteiger partial charge in [-0.2, -0.15) is 0 Å². The van der Waals surface area contributed by atoms with Crippen molar-refractivity contribution in [2.45, 2.75) is 59.3 Å². The highest BCUT2D eigenvalue weighted by Gasteiger charge is 2.42. The fourth-order valence-corrected chi connectivity index (χ4v) is 10.4. The minimum absolute atomic E-state index is 0.0696. The largest absolute Gasteiger partial charge is 0.310 e. The van der Waals surface area contributed by atoms with Gasteiger partial charge in [0.05, 0.1) is 5.69 Å². The highest BCUT2D eigenvalue weighted by atomic mass is 15.1. The average Bonchev–Trinajstić information content (AvgIpc) is 3.68. The molecule has 12 rings (SSSR count). The molecule has 0 atom stereocenters. The number of hydrogen-bond acceptors (Lipinski definition) is 1. The summed E-state index contributed by atoms with van der Waals surface area (Å²) < 4.78 is 0. The smallest absolute Gasteiger partial charge is 0.0540 e. The van der Waals surface area contributed by atoms with E-state index in [1.54, 1.807) is 0 Å². The fourth-order valence-electron chi connectivity index (χ4n) is 10.4. The van der Waals surface area contributed by atoms with E-state index in [-0.39, 0.29) is 10.8 Å². The first-order chi connectivity index (χ1) is 31.0. The van der Waals surface area contributed by atoms with Gasteiger partial charge in [-0.05, 0) is 146 Å². The summed E-state index contributed by atoms with van der Waals surface area (Å²) in [5, 5.41) is 7.90. The van der Waals surface area contributed by atoms with Gasteiger partial charge in [-0.25, -0.2) is 0 Å². The van der Waals surface area contributed by atoms with Crippen LogP contribution in [0.25, 0.3) is 54.6 Å². The van der Waals surface area contributed by atoms with Crippen LogP contribution in [0.3, 0.4) is 0 Å². The summed E-state index contributed by atoms with van der Waals surface area (Å²) in [4.78, 5) is 2.43. The van der Waals surface area contributed by atoms with E-state index in [0.717, 1.165) is 5.69 Å². The zero-order valence-electron chi connectivity index (χ0n) is 38.1. The molecule has 10 aromatic carbocycles. The van der Waals surface area contributed by atoms with Gasteiger partial charge in [-0.1, -0.05) is 197 Å². The van der Waals surface area contributed by atoms with Crippen molar-refractivity contribution in [2.75, 3.05) is 4.90 Å². The Bertz CT molecular complexity index is 3340. The Morgan fingerprint density at radius 3 is 1.52 bits per heavy atom. The third-order valence-electron chi connectivity index (χ3n) is 13.9. The summed E-state index contributed by atoms with van der Waals surface area (Å²) in [5.41, 5.74) is 18.6. The monoisotopic (exact) mass is 825 g/mol. The molecule has 0 N–H and O–H groups in total. The molecule has 0 amide bonds. The molecule has 1 nitrogen and oxygen atoms in total. The van der Waals surface area contributed by atoms with Crippen LogP contribution in [0.4, 0.5) is 17.1 Å². The van der Waals surface area contributed by atoms with Crippen molar-refractivity contribution < 1.29 is 0 Å². The van der Waals surface area contributed by atoms with E-state index in [1.807, 2.05) is 18.2 Å². The van der Waals surface area contributed by atoms with Crippen LogP contribution in [0.15, 0.2) is 206 Å². The second-order valence-electron chi connectivity index (χ2n) is 18.7. The quantitative estimate of drug-likeness (QED) is 0.172. The summed E-state index contributed by atoms with van der Waals surface area (Å²) in [6.07, 6.45) is 0. The summed E-state index contributed by atoms with van der Waals surface area (Å²) >= 11 is 0. The maximum Gasteiger partial charge on any atom is 0.0540 e. The zero-order valence-corrected chi connectivity index (χ0v) is 38.1. The van der Waals surface area contributed by atoms with Gasteiger partial charge in [0, 0.05) is 27.6 Å². The van der Waals surface area contributed by atoms with E-state index in [0.29, 0.717) is 0 Å². The van der Waals surface area contributed by atoms with Gasteiger partial charge in [-0.3, -0.25) is 0 Å². The van der Waals surface area contributed by atoms with E-state index in [2.05, 4.69) is 241 Å². The van der Waals surface area contributed by atoms with Crippen LogP contribution in [-0.4, -0.2) is 0 Å². The Balaban J connectivity index is 0.000000222. The lowest BCUT2D eigenvalue weighted by Gasteiger charge is -2.29. The predicted octanol–water partition coefficient (Wildman–Crippen LogP) is 17.5. The van der Waals surface area contributed by atoms with Crippen molar-refractivity contribution in [1.29, 1.82) is 0 Å². The first-order valence-electron chi connectivity index (χ1n) is 22.7. The first-order valence-corrected chi connectivity index (χ1v) is 22.7. The van der Waals surface area contributed by atoms with Gasteiger partial charge >= 0.3 is 0 Å². The molecule has 2 aliphatic carbocycles. The third kappa shape index (κ3) is 6.97. The van der Waals surface area contributed by atoms with Crippen molar-refractivity contribution in [3.05, 3.63) is 245 Å². The predicted molar refractivity (Wildman–Crippen MR) is 276 cm³/mol. The van der Waals surface area contributed by atoms with Gasteiger partial charge in [-0.15, -0.1) is 0 Å². The number of aryl methyl sites for hydroxylation is 3. The molecule has 1 heteroatoms. The number of benzene rings is 10. The van der Waals surface area contributed by atoms with Crippen LogP contribution in [0.5, 0.6) is 0 Å². The summed E-state index contributed by atoms with van der Waals surface area (Å²) in [7, 11) is 0. The first kappa shape index (κ1) is 40.8. The van der Waals surface area contributed by atoms with Crippen LogP contribution < -0.4 is 4.90 Å². The Hall–Kier alpha value is -7.22. The van der Waals surface area contributed by atoms with Crippen molar-refractivity contribution in [3.63, 3.8) is 0 Å².